The molecule has 1 atom stereocenters. The summed E-state index contributed by atoms with van der Waals surface area (Å²) in [6, 6.07) is 2.08. The molecule has 1 fully saturated rings. The molecule has 3 rings (SSSR count). The second-order valence-electron chi connectivity index (χ2n) is 3.98. The molecule has 0 aliphatic carbocycles. The first-order valence-corrected chi connectivity index (χ1v) is 5.40. The second-order valence-corrected chi connectivity index (χ2v) is 3.98. The number of aromatic nitrogens is 4. The minimum Gasteiger partial charge on any atom is -0.337 e. The molecule has 1 unspecified atom stereocenters. The van der Waals surface area contributed by atoms with E-state index in [0.717, 1.165) is 25.1 Å². The average molecular weight is 219 g/mol. The molecule has 1 aliphatic rings. The van der Waals surface area contributed by atoms with Crippen molar-refractivity contribution >= 4 is 0 Å². The Morgan fingerprint density at radius 1 is 1.56 bits per heavy atom. The number of rotatable bonds is 2. The maximum atomic E-state index is 5.24. The maximum absolute atomic E-state index is 5.24. The number of nitrogens with one attached hydrogen (secondary N) is 1. The van der Waals surface area contributed by atoms with Crippen molar-refractivity contribution in [2.75, 3.05) is 6.54 Å². The van der Waals surface area contributed by atoms with Gasteiger partial charge in [-0.25, -0.2) is 0 Å². The van der Waals surface area contributed by atoms with Crippen molar-refractivity contribution in [1.82, 2.24) is 25.2 Å². The lowest BCUT2D eigenvalue weighted by molar-refractivity contribution is 0.345. The van der Waals surface area contributed by atoms with Gasteiger partial charge in [0.2, 0.25) is 11.7 Å². The van der Waals surface area contributed by atoms with E-state index in [4.69, 9.17) is 4.52 Å². The van der Waals surface area contributed by atoms with E-state index in [1.165, 1.54) is 0 Å². The van der Waals surface area contributed by atoms with Crippen LogP contribution in [-0.4, -0.2) is 26.5 Å². The first-order chi connectivity index (χ1) is 7.83. The molecule has 2 aromatic rings. The second kappa shape index (κ2) is 3.71. The van der Waals surface area contributed by atoms with Crippen LogP contribution in [0.25, 0.3) is 11.5 Å². The van der Waals surface area contributed by atoms with Crippen LogP contribution in [0.3, 0.4) is 0 Å². The molecule has 3 heterocycles. The lowest BCUT2D eigenvalue weighted by Gasteiger charge is -2.00. The summed E-state index contributed by atoms with van der Waals surface area (Å²) in [5, 5.41) is 11.5. The molecular formula is C10H13N5O. The molecule has 1 aliphatic heterocycles. The van der Waals surface area contributed by atoms with Gasteiger partial charge in [0.05, 0.1) is 6.04 Å². The average Bonchev–Trinajstić information content (AvgIpc) is 2.97. The molecule has 84 valence electrons. The van der Waals surface area contributed by atoms with E-state index in [2.05, 4.69) is 20.6 Å². The monoisotopic (exact) mass is 219 g/mol. The van der Waals surface area contributed by atoms with Crippen molar-refractivity contribution in [3.05, 3.63) is 18.2 Å². The third kappa shape index (κ3) is 1.61. The minimum absolute atomic E-state index is 0.213. The fourth-order valence-electron chi connectivity index (χ4n) is 1.91. The Bertz CT molecular complexity index is 483. The largest absolute Gasteiger partial charge is 0.337 e. The minimum atomic E-state index is 0.213. The molecule has 0 radical (unpaired) electrons. The van der Waals surface area contributed by atoms with Gasteiger partial charge < -0.3 is 9.84 Å². The van der Waals surface area contributed by atoms with Gasteiger partial charge in [-0.05, 0) is 25.5 Å². The van der Waals surface area contributed by atoms with E-state index < -0.39 is 0 Å². The van der Waals surface area contributed by atoms with E-state index in [9.17, 15) is 0 Å². The van der Waals surface area contributed by atoms with Crippen molar-refractivity contribution in [3.63, 3.8) is 0 Å². The lowest BCUT2D eigenvalue weighted by Crippen LogP contribution is -2.12. The number of nitrogens with zero attached hydrogens (tertiary/aromatic N) is 4. The van der Waals surface area contributed by atoms with E-state index in [0.29, 0.717) is 11.7 Å². The third-order valence-corrected chi connectivity index (χ3v) is 2.74. The Labute approximate surface area is 92.6 Å². The first-order valence-electron chi connectivity index (χ1n) is 5.40. The summed E-state index contributed by atoms with van der Waals surface area (Å²) in [6.45, 7) is 1.02. The summed E-state index contributed by atoms with van der Waals surface area (Å²) in [5.74, 6) is 1.22. The van der Waals surface area contributed by atoms with Gasteiger partial charge in [-0.3, -0.25) is 4.68 Å². The maximum Gasteiger partial charge on any atom is 0.244 e. The molecule has 6 nitrogen and oxygen atoms in total. The van der Waals surface area contributed by atoms with Gasteiger partial charge in [-0.15, -0.1) is 0 Å². The SMILES string of the molecule is Cn1ccc(-c2noc(C3CCCN3)n2)n1. The summed E-state index contributed by atoms with van der Waals surface area (Å²) in [5.41, 5.74) is 0.746. The molecule has 0 aromatic carbocycles. The molecule has 1 saturated heterocycles. The van der Waals surface area contributed by atoms with Gasteiger partial charge in [0.25, 0.3) is 0 Å². The van der Waals surface area contributed by atoms with Crippen LogP contribution in [0.5, 0.6) is 0 Å². The van der Waals surface area contributed by atoms with Crippen LogP contribution in [0.4, 0.5) is 0 Å². The first kappa shape index (κ1) is 9.53. The fourth-order valence-corrected chi connectivity index (χ4v) is 1.91. The van der Waals surface area contributed by atoms with Crippen LogP contribution in [0.15, 0.2) is 16.8 Å². The molecule has 0 spiro atoms. The van der Waals surface area contributed by atoms with Crippen molar-refractivity contribution in [2.24, 2.45) is 7.05 Å². The Morgan fingerprint density at radius 3 is 3.19 bits per heavy atom. The van der Waals surface area contributed by atoms with Crippen LogP contribution >= 0.6 is 0 Å². The molecule has 2 aromatic heterocycles. The van der Waals surface area contributed by atoms with Crippen LogP contribution in [0.1, 0.15) is 24.8 Å². The normalized spacial score (nSPS) is 20.4. The van der Waals surface area contributed by atoms with E-state index in [-0.39, 0.29) is 6.04 Å². The van der Waals surface area contributed by atoms with Crippen LogP contribution < -0.4 is 5.32 Å². The zero-order valence-corrected chi connectivity index (χ0v) is 9.05. The number of hydrogen-bond acceptors (Lipinski definition) is 5. The van der Waals surface area contributed by atoms with Crippen molar-refractivity contribution < 1.29 is 4.52 Å². The molecule has 0 saturated carbocycles. The van der Waals surface area contributed by atoms with Crippen LogP contribution in [0.2, 0.25) is 0 Å². The molecule has 6 heteroatoms. The topological polar surface area (TPSA) is 68.8 Å². The smallest absolute Gasteiger partial charge is 0.244 e. The standard InChI is InChI=1S/C10H13N5O/c1-15-6-4-7(13-15)9-12-10(16-14-9)8-3-2-5-11-8/h4,6,8,11H,2-3,5H2,1H3. The predicted octanol–water partition coefficient (Wildman–Crippen LogP) is 0.895. The Hall–Kier alpha value is -1.69. The van der Waals surface area contributed by atoms with E-state index in [1.54, 1.807) is 4.68 Å². The number of aryl methyl sites for hydroxylation is 1. The van der Waals surface area contributed by atoms with Gasteiger partial charge in [-0.2, -0.15) is 10.1 Å². The zero-order valence-electron chi connectivity index (χ0n) is 9.05. The molecular weight excluding hydrogens is 206 g/mol. The van der Waals surface area contributed by atoms with Gasteiger partial charge in [0.15, 0.2) is 0 Å². The fraction of sp³-hybridized carbons (Fsp3) is 0.500. The summed E-state index contributed by atoms with van der Waals surface area (Å²) >= 11 is 0. The highest BCUT2D eigenvalue weighted by Crippen LogP contribution is 2.23. The summed E-state index contributed by atoms with van der Waals surface area (Å²) < 4.78 is 6.96. The lowest BCUT2D eigenvalue weighted by atomic mass is 10.2. The Balaban J connectivity index is 1.87. The van der Waals surface area contributed by atoms with Gasteiger partial charge >= 0.3 is 0 Å². The zero-order chi connectivity index (χ0) is 11.0. The Kier molecular flexibility index (Phi) is 2.21. The Morgan fingerprint density at radius 2 is 2.50 bits per heavy atom. The molecule has 16 heavy (non-hydrogen) atoms. The summed E-state index contributed by atoms with van der Waals surface area (Å²) in [7, 11) is 1.86. The van der Waals surface area contributed by atoms with Gasteiger partial charge in [0.1, 0.15) is 5.69 Å². The molecule has 0 amide bonds. The number of hydrogen-bond donors (Lipinski definition) is 1. The van der Waals surface area contributed by atoms with Crippen molar-refractivity contribution in [2.45, 2.75) is 18.9 Å². The van der Waals surface area contributed by atoms with Crippen LogP contribution in [-0.2, 0) is 7.05 Å². The highest BCUT2D eigenvalue weighted by molar-refractivity contribution is 5.46. The van der Waals surface area contributed by atoms with E-state index >= 15 is 0 Å². The van der Waals surface area contributed by atoms with Gasteiger partial charge in [-0.1, -0.05) is 5.16 Å². The molecule has 0 bridgehead atoms. The van der Waals surface area contributed by atoms with Crippen LogP contribution in [0, 0.1) is 0 Å². The predicted molar refractivity (Wildman–Crippen MR) is 56.5 cm³/mol. The highest BCUT2D eigenvalue weighted by Gasteiger charge is 2.23. The van der Waals surface area contributed by atoms with Crippen molar-refractivity contribution in [3.8, 4) is 11.5 Å². The quantitative estimate of drug-likeness (QED) is 0.812. The third-order valence-electron chi connectivity index (χ3n) is 2.74. The summed E-state index contributed by atoms with van der Waals surface area (Å²) in [6.07, 6.45) is 4.08. The highest BCUT2D eigenvalue weighted by atomic mass is 16.5. The van der Waals surface area contributed by atoms with Crippen molar-refractivity contribution in [1.29, 1.82) is 0 Å². The van der Waals surface area contributed by atoms with Gasteiger partial charge in [0, 0.05) is 13.2 Å². The summed E-state index contributed by atoms with van der Waals surface area (Å²) in [4.78, 5) is 4.36. The van der Waals surface area contributed by atoms with E-state index in [1.807, 2.05) is 19.3 Å². The molecule has 1 N–H and O–H groups in total.